The zero-order chi connectivity index (χ0) is 17.1. The second kappa shape index (κ2) is 6.91. The number of nitrogens with one attached hydrogen (secondary N) is 1. The molecule has 25 heavy (non-hydrogen) atoms. The lowest BCUT2D eigenvalue weighted by atomic mass is 10.2. The smallest absolute Gasteiger partial charge is 0.226 e. The number of anilines is 1. The van der Waals surface area contributed by atoms with Crippen molar-refractivity contribution in [3.63, 3.8) is 0 Å². The van der Waals surface area contributed by atoms with Crippen LogP contribution in [0.2, 0.25) is 5.28 Å². The molecule has 0 fully saturated rings. The van der Waals surface area contributed by atoms with E-state index in [0.29, 0.717) is 24.6 Å². The van der Waals surface area contributed by atoms with Crippen LogP contribution in [-0.4, -0.2) is 19.5 Å². The number of imidazole rings is 1. The zero-order valence-electron chi connectivity index (χ0n) is 13.4. The molecule has 0 saturated carbocycles. The summed E-state index contributed by atoms with van der Waals surface area (Å²) in [4.78, 5) is 13.0. The number of hydrogen-bond donors (Lipinski definition) is 1. The van der Waals surface area contributed by atoms with Crippen molar-refractivity contribution in [2.75, 3.05) is 5.32 Å². The van der Waals surface area contributed by atoms with Crippen molar-refractivity contribution in [2.24, 2.45) is 0 Å². The Kier molecular flexibility index (Phi) is 4.31. The Morgan fingerprint density at radius 2 is 1.56 bits per heavy atom. The summed E-state index contributed by atoms with van der Waals surface area (Å²) >= 11 is 6.06. The molecule has 6 heteroatoms. The van der Waals surface area contributed by atoms with Crippen LogP contribution in [-0.2, 0) is 13.1 Å². The third-order valence-corrected chi connectivity index (χ3v) is 4.11. The van der Waals surface area contributed by atoms with Gasteiger partial charge in [-0.15, -0.1) is 0 Å². The normalized spacial score (nSPS) is 10.9. The minimum atomic E-state index is 0.188. The van der Waals surface area contributed by atoms with Gasteiger partial charge in [0.1, 0.15) is 5.52 Å². The summed E-state index contributed by atoms with van der Waals surface area (Å²) in [5, 5.41) is 3.55. The first-order valence-corrected chi connectivity index (χ1v) is 8.37. The van der Waals surface area contributed by atoms with Crippen molar-refractivity contribution < 1.29 is 0 Å². The van der Waals surface area contributed by atoms with E-state index in [1.54, 1.807) is 6.33 Å². The van der Waals surface area contributed by atoms with Crippen molar-refractivity contribution in [3.05, 3.63) is 83.4 Å². The summed E-state index contributed by atoms with van der Waals surface area (Å²) in [7, 11) is 0. The van der Waals surface area contributed by atoms with E-state index in [1.165, 1.54) is 11.1 Å². The average Bonchev–Trinajstić information content (AvgIpc) is 3.04. The highest BCUT2D eigenvalue weighted by molar-refractivity contribution is 6.28. The Balaban J connectivity index is 1.68. The van der Waals surface area contributed by atoms with Crippen LogP contribution in [0.4, 0.5) is 5.82 Å². The molecular weight excluding hydrogens is 334 g/mol. The van der Waals surface area contributed by atoms with E-state index in [2.05, 4.69) is 44.5 Å². The minimum Gasteiger partial charge on any atom is -0.364 e. The standard InChI is InChI=1S/C19H16ClN5/c20-19-23-17(21-11-14-7-3-1-4-8-14)16-18(24-19)22-13-25(16)12-15-9-5-2-6-10-15/h1-10,13H,11-12H2,(H,21,23,24). The Morgan fingerprint density at radius 3 is 2.28 bits per heavy atom. The van der Waals surface area contributed by atoms with Crippen LogP contribution in [0.25, 0.3) is 11.2 Å². The molecule has 0 radical (unpaired) electrons. The van der Waals surface area contributed by atoms with E-state index in [4.69, 9.17) is 11.6 Å². The number of aromatic nitrogens is 4. The minimum absolute atomic E-state index is 0.188. The van der Waals surface area contributed by atoms with Gasteiger partial charge in [0.2, 0.25) is 5.28 Å². The molecule has 0 atom stereocenters. The zero-order valence-corrected chi connectivity index (χ0v) is 14.2. The van der Waals surface area contributed by atoms with Crippen LogP contribution in [0.5, 0.6) is 0 Å². The van der Waals surface area contributed by atoms with Crippen LogP contribution in [0.15, 0.2) is 67.0 Å². The van der Waals surface area contributed by atoms with Gasteiger partial charge in [-0.05, 0) is 22.7 Å². The maximum absolute atomic E-state index is 6.06. The molecule has 0 unspecified atom stereocenters. The molecule has 0 amide bonds. The van der Waals surface area contributed by atoms with Gasteiger partial charge >= 0.3 is 0 Å². The summed E-state index contributed by atoms with van der Waals surface area (Å²) in [5.74, 6) is 0.687. The molecule has 0 aliphatic heterocycles. The van der Waals surface area contributed by atoms with E-state index >= 15 is 0 Å². The first-order valence-electron chi connectivity index (χ1n) is 8.00. The largest absolute Gasteiger partial charge is 0.364 e. The van der Waals surface area contributed by atoms with Gasteiger partial charge in [0, 0.05) is 13.1 Å². The number of nitrogens with zero attached hydrogens (tertiary/aromatic N) is 4. The van der Waals surface area contributed by atoms with Crippen LogP contribution >= 0.6 is 11.6 Å². The van der Waals surface area contributed by atoms with Gasteiger partial charge in [0.05, 0.1) is 6.33 Å². The van der Waals surface area contributed by atoms with Gasteiger partial charge in [-0.3, -0.25) is 0 Å². The third-order valence-electron chi connectivity index (χ3n) is 3.94. The van der Waals surface area contributed by atoms with Gasteiger partial charge in [-0.25, -0.2) is 4.98 Å². The lowest BCUT2D eigenvalue weighted by molar-refractivity contribution is 0.822. The maximum Gasteiger partial charge on any atom is 0.226 e. The molecule has 2 aromatic carbocycles. The van der Waals surface area contributed by atoms with Crippen molar-refractivity contribution >= 4 is 28.6 Å². The molecule has 5 nitrogen and oxygen atoms in total. The van der Waals surface area contributed by atoms with Gasteiger partial charge < -0.3 is 9.88 Å². The summed E-state index contributed by atoms with van der Waals surface area (Å²) in [6.07, 6.45) is 1.77. The van der Waals surface area contributed by atoms with E-state index in [9.17, 15) is 0 Å². The number of fused-ring (bicyclic) bond motifs is 1. The monoisotopic (exact) mass is 349 g/mol. The Hall–Kier alpha value is -2.92. The van der Waals surface area contributed by atoms with Gasteiger partial charge in [0.15, 0.2) is 11.5 Å². The molecule has 0 bridgehead atoms. The lowest BCUT2D eigenvalue weighted by Crippen LogP contribution is -2.06. The second-order valence-electron chi connectivity index (χ2n) is 5.71. The molecule has 2 aromatic heterocycles. The lowest BCUT2D eigenvalue weighted by Gasteiger charge is -2.10. The Labute approximate surface area is 150 Å². The number of halogens is 1. The van der Waals surface area contributed by atoms with Crippen LogP contribution < -0.4 is 5.32 Å². The molecule has 124 valence electrons. The SMILES string of the molecule is Clc1nc(NCc2ccccc2)c2c(ncn2Cc2ccccc2)n1. The highest BCUT2D eigenvalue weighted by Gasteiger charge is 2.13. The molecule has 0 spiro atoms. The molecule has 0 aliphatic rings. The Bertz CT molecular complexity index is 983. The third kappa shape index (κ3) is 3.46. The first-order chi connectivity index (χ1) is 12.3. The fourth-order valence-corrected chi connectivity index (χ4v) is 2.92. The van der Waals surface area contributed by atoms with Gasteiger partial charge in [-0.2, -0.15) is 9.97 Å². The van der Waals surface area contributed by atoms with Crippen LogP contribution in [0.3, 0.4) is 0 Å². The Morgan fingerprint density at radius 1 is 0.880 bits per heavy atom. The molecule has 4 aromatic rings. The highest BCUT2D eigenvalue weighted by atomic mass is 35.5. The predicted molar refractivity (Wildman–Crippen MR) is 99.6 cm³/mol. The molecule has 1 N–H and O–H groups in total. The molecule has 2 heterocycles. The van der Waals surface area contributed by atoms with Crippen molar-refractivity contribution in [3.8, 4) is 0 Å². The summed E-state index contributed by atoms with van der Waals surface area (Å²) in [6, 6.07) is 20.4. The average molecular weight is 350 g/mol. The van der Waals surface area contributed by atoms with Crippen molar-refractivity contribution in [2.45, 2.75) is 13.1 Å². The summed E-state index contributed by atoms with van der Waals surface area (Å²) < 4.78 is 2.04. The maximum atomic E-state index is 6.06. The number of hydrogen-bond acceptors (Lipinski definition) is 4. The second-order valence-corrected chi connectivity index (χ2v) is 6.05. The van der Waals surface area contributed by atoms with E-state index in [0.717, 1.165) is 5.52 Å². The number of benzene rings is 2. The van der Waals surface area contributed by atoms with Crippen molar-refractivity contribution in [1.29, 1.82) is 0 Å². The van der Waals surface area contributed by atoms with Crippen LogP contribution in [0, 0.1) is 0 Å². The molecule has 0 aliphatic carbocycles. The molecule has 0 saturated heterocycles. The van der Waals surface area contributed by atoms with Crippen molar-refractivity contribution in [1.82, 2.24) is 19.5 Å². The quantitative estimate of drug-likeness (QED) is 0.550. The van der Waals surface area contributed by atoms with Gasteiger partial charge in [-0.1, -0.05) is 60.7 Å². The fraction of sp³-hybridized carbons (Fsp3) is 0.105. The predicted octanol–water partition coefficient (Wildman–Crippen LogP) is 4.14. The topological polar surface area (TPSA) is 55.6 Å². The first kappa shape index (κ1) is 15.6. The van der Waals surface area contributed by atoms with Crippen LogP contribution in [0.1, 0.15) is 11.1 Å². The van der Waals surface area contributed by atoms with E-state index in [-0.39, 0.29) is 5.28 Å². The van der Waals surface area contributed by atoms with Gasteiger partial charge in [0.25, 0.3) is 0 Å². The fourth-order valence-electron chi connectivity index (χ4n) is 2.76. The summed E-state index contributed by atoms with van der Waals surface area (Å²) in [6.45, 7) is 1.35. The molecular formula is C19H16ClN5. The highest BCUT2D eigenvalue weighted by Crippen LogP contribution is 2.23. The number of rotatable bonds is 5. The summed E-state index contributed by atoms with van der Waals surface area (Å²) in [5.41, 5.74) is 3.79. The van der Waals surface area contributed by atoms with E-state index in [1.807, 2.05) is 41.0 Å². The molecule has 4 rings (SSSR count). The van der Waals surface area contributed by atoms with E-state index < -0.39 is 0 Å².